The summed E-state index contributed by atoms with van der Waals surface area (Å²) in [5.74, 6) is -0.922. The van der Waals surface area contributed by atoms with E-state index < -0.39 is 32.2 Å². The molecule has 214 valence electrons. The molecule has 4 aromatic rings. The number of hydrogen-bond acceptors (Lipinski definition) is 9. The number of methoxy groups -OCH3 is 1. The van der Waals surface area contributed by atoms with Crippen molar-refractivity contribution >= 4 is 9.84 Å². The van der Waals surface area contributed by atoms with Gasteiger partial charge in [-0.3, -0.25) is 14.0 Å². The number of aromatic hydroxyl groups is 1. The minimum Gasteiger partial charge on any atom is -0.492 e. The maximum atomic E-state index is 14.1. The molecule has 2 aromatic heterocycles. The van der Waals surface area contributed by atoms with E-state index in [9.17, 15) is 23.6 Å². The van der Waals surface area contributed by atoms with E-state index in [1.165, 1.54) is 19.2 Å². The molecule has 0 amide bonds. The third-order valence-electron chi connectivity index (χ3n) is 6.47. The first-order chi connectivity index (χ1) is 19.5. The Bertz CT molecular complexity index is 1770. The lowest BCUT2D eigenvalue weighted by molar-refractivity contribution is 0.0557. The minimum atomic E-state index is -4.52. The third kappa shape index (κ3) is 6.07. The maximum Gasteiger partial charge on any atom is 0.277 e. The van der Waals surface area contributed by atoms with Gasteiger partial charge in [0, 0.05) is 25.9 Å². The SMILES string of the molecule is COCC(c1cccc(C#N)c1)n1c(COC(C)C)nc(O)c(S(=O)(=O)c2ccc(-c3cn(C)nc3C)cc2)c1=O. The summed E-state index contributed by atoms with van der Waals surface area (Å²) in [7, 11) is -1.29. The van der Waals surface area contributed by atoms with Crippen LogP contribution in [0.1, 0.15) is 42.5 Å². The molecule has 0 saturated carbocycles. The molecule has 1 atom stereocenters. The second-order valence-electron chi connectivity index (χ2n) is 9.75. The second kappa shape index (κ2) is 12.1. The summed E-state index contributed by atoms with van der Waals surface area (Å²) in [6.45, 7) is 5.20. The highest BCUT2D eigenvalue weighted by molar-refractivity contribution is 7.91. The minimum absolute atomic E-state index is 0.00645. The summed E-state index contributed by atoms with van der Waals surface area (Å²) in [6, 6.07) is 13.7. The fraction of sp³-hybridized carbons (Fsp3) is 0.310. The fourth-order valence-electron chi connectivity index (χ4n) is 4.56. The highest BCUT2D eigenvalue weighted by Gasteiger charge is 2.32. The quantitative estimate of drug-likeness (QED) is 0.299. The van der Waals surface area contributed by atoms with E-state index in [0.717, 1.165) is 21.4 Å². The van der Waals surface area contributed by atoms with Crippen LogP contribution in [0.2, 0.25) is 0 Å². The molecule has 1 N–H and O–H groups in total. The third-order valence-corrected chi connectivity index (χ3v) is 8.26. The molecule has 4 rings (SSSR count). The zero-order valence-electron chi connectivity index (χ0n) is 23.4. The zero-order valence-corrected chi connectivity index (χ0v) is 24.2. The van der Waals surface area contributed by atoms with Crippen LogP contribution in [0.5, 0.6) is 5.88 Å². The summed E-state index contributed by atoms with van der Waals surface area (Å²) in [4.78, 5) is 17.1. The smallest absolute Gasteiger partial charge is 0.277 e. The first-order valence-corrected chi connectivity index (χ1v) is 14.3. The molecule has 0 aliphatic carbocycles. The molecule has 41 heavy (non-hydrogen) atoms. The molecule has 11 nitrogen and oxygen atoms in total. The number of aryl methyl sites for hydroxylation is 2. The van der Waals surface area contributed by atoms with E-state index in [-0.39, 0.29) is 30.0 Å². The van der Waals surface area contributed by atoms with Gasteiger partial charge in [0.25, 0.3) is 5.56 Å². The van der Waals surface area contributed by atoms with E-state index in [4.69, 9.17) is 9.47 Å². The van der Waals surface area contributed by atoms with Gasteiger partial charge in [-0.15, -0.1) is 0 Å². The van der Waals surface area contributed by atoms with Crippen LogP contribution in [0.4, 0.5) is 0 Å². The van der Waals surface area contributed by atoms with Crippen molar-refractivity contribution in [1.29, 1.82) is 5.26 Å². The van der Waals surface area contributed by atoms with Gasteiger partial charge < -0.3 is 14.6 Å². The predicted octanol–water partition coefficient (Wildman–Crippen LogP) is 3.52. The number of sulfone groups is 1. The average molecular weight is 578 g/mol. The van der Waals surface area contributed by atoms with Crippen LogP contribution < -0.4 is 5.56 Å². The molecule has 2 heterocycles. The van der Waals surface area contributed by atoms with Gasteiger partial charge >= 0.3 is 0 Å². The first-order valence-electron chi connectivity index (χ1n) is 12.8. The maximum absolute atomic E-state index is 14.1. The number of nitrogens with zero attached hydrogens (tertiary/aromatic N) is 5. The van der Waals surface area contributed by atoms with Crippen molar-refractivity contribution in [2.45, 2.75) is 49.3 Å². The summed E-state index contributed by atoms with van der Waals surface area (Å²) in [5.41, 5.74) is 2.23. The van der Waals surface area contributed by atoms with Gasteiger partial charge in [0.2, 0.25) is 15.7 Å². The Hall–Kier alpha value is -4.31. The first kappa shape index (κ1) is 29.7. The van der Waals surface area contributed by atoms with Crippen molar-refractivity contribution in [3.63, 3.8) is 0 Å². The highest BCUT2D eigenvalue weighted by Crippen LogP contribution is 2.30. The highest BCUT2D eigenvalue weighted by atomic mass is 32.2. The van der Waals surface area contributed by atoms with Gasteiger partial charge in [-0.2, -0.15) is 15.3 Å². The number of hydrogen-bond donors (Lipinski definition) is 1. The number of benzene rings is 2. The van der Waals surface area contributed by atoms with Crippen LogP contribution in [0.3, 0.4) is 0 Å². The molecule has 0 fully saturated rings. The van der Waals surface area contributed by atoms with Crippen molar-refractivity contribution in [3.05, 3.63) is 87.7 Å². The summed E-state index contributed by atoms with van der Waals surface area (Å²) < 4.78 is 41.5. The number of nitriles is 1. The van der Waals surface area contributed by atoms with Gasteiger partial charge in [0.1, 0.15) is 12.4 Å². The zero-order chi connectivity index (χ0) is 29.9. The Balaban J connectivity index is 1.90. The largest absolute Gasteiger partial charge is 0.492 e. The molecule has 1 unspecified atom stereocenters. The number of rotatable bonds is 10. The lowest BCUT2D eigenvalue weighted by Gasteiger charge is -2.24. The Kier molecular flexibility index (Phi) is 8.72. The monoisotopic (exact) mass is 577 g/mol. The molecule has 2 aromatic carbocycles. The van der Waals surface area contributed by atoms with E-state index in [2.05, 4.69) is 16.2 Å². The van der Waals surface area contributed by atoms with Crippen LogP contribution in [0.25, 0.3) is 11.1 Å². The molecule has 0 spiro atoms. The van der Waals surface area contributed by atoms with Crippen LogP contribution in [-0.4, -0.2) is 52.7 Å². The normalized spacial score (nSPS) is 12.4. The van der Waals surface area contributed by atoms with Gasteiger partial charge in [-0.1, -0.05) is 24.3 Å². The van der Waals surface area contributed by atoms with Gasteiger partial charge in [-0.05, 0) is 56.2 Å². The van der Waals surface area contributed by atoms with Crippen molar-refractivity contribution in [2.75, 3.05) is 13.7 Å². The molecular weight excluding hydrogens is 546 g/mol. The number of aromatic nitrogens is 4. The Morgan fingerprint density at radius 3 is 2.44 bits per heavy atom. The van der Waals surface area contributed by atoms with Crippen molar-refractivity contribution in [2.24, 2.45) is 7.05 Å². The van der Waals surface area contributed by atoms with Gasteiger partial charge in [-0.25, -0.2) is 8.42 Å². The Labute approximate surface area is 238 Å². The van der Waals surface area contributed by atoms with E-state index in [0.29, 0.717) is 11.1 Å². The van der Waals surface area contributed by atoms with Crippen molar-refractivity contribution in [1.82, 2.24) is 19.3 Å². The summed E-state index contributed by atoms with van der Waals surface area (Å²) in [6.07, 6.45) is 1.58. The number of ether oxygens (including phenoxy) is 2. The second-order valence-corrected chi connectivity index (χ2v) is 11.6. The Morgan fingerprint density at radius 2 is 1.85 bits per heavy atom. The van der Waals surface area contributed by atoms with Crippen LogP contribution in [0.15, 0.2) is 69.3 Å². The molecular formula is C29H31N5O6S. The van der Waals surface area contributed by atoms with E-state index >= 15 is 0 Å². The van der Waals surface area contributed by atoms with Crippen molar-refractivity contribution < 1.29 is 23.0 Å². The van der Waals surface area contributed by atoms with E-state index in [1.54, 1.807) is 62.0 Å². The van der Waals surface area contributed by atoms with Crippen molar-refractivity contribution in [3.8, 4) is 23.1 Å². The average Bonchev–Trinajstić information content (AvgIpc) is 3.28. The standard InChI is InChI=1S/C29H31N5O6S/c1-18(2)40-17-26-31-28(35)27(29(36)34(26)25(16-39-5)22-8-6-7-20(13-22)14-30)41(37,38)23-11-9-21(10-12-23)24-15-33(4)32-19(24)3/h6-13,15,18,25,35H,16-17H2,1-5H3. The topological polar surface area (TPSA) is 149 Å². The lowest BCUT2D eigenvalue weighted by Crippen LogP contribution is -2.35. The van der Waals surface area contributed by atoms with Crippen LogP contribution in [0, 0.1) is 18.3 Å². The summed E-state index contributed by atoms with van der Waals surface area (Å²) >= 11 is 0. The molecule has 0 aliphatic rings. The molecule has 12 heteroatoms. The lowest BCUT2D eigenvalue weighted by atomic mass is 10.0. The van der Waals surface area contributed by atoms with Crippen LogP contribution in [-0.2, 0) is 33.0 Å². The molecule has 0 radical (unpaired) electrons. The Morgan fingerprint density at radius 1 is 1.15 bits per heavy atom. The molecule has 0 saturated heterocycles. The van der Waals surface area contributed by atoms with Crippen LogP contribution >= 0.6 is 0 Å². The summed E-state index contributed by atoms with van der Waals surface area (Å²) in [5, 5.41) is 24.6. The predicted molar refractivity (Wildman–Crippen MR) is 150 cm³/mol. The van der Waals surface area contributed by atoms with Gasteiger partial charge in [0.15, 0.2) is 4.90 Å². The molecule has 0 aliphatic heterocycles. The molecule has 0 bridgehead atoms. The van der Waals surface area contributed by atoms with Gasteiger partial charge in [0.05, 0.1) is 41.0 Å². The van der Waals surface area contributed by atoms with E-state index in [1.807, 2.05) is 13.1 Å². The fourth-order valence-corrected chi connectivity index (χ4v) is 5.90.